The number of hydrogen-bond donors (Lipinski definition) is 2. The van der Waals surface area contributed by atoms with Gasteiger partial charge in [0.1, 0.15) is 5.76 Å². The van der Waals surface area contributed by atoms with Crippen molar-refractivity contribution in [2.75, 3.05) is 0 Å². The highest BCUT2D eigenvalue weighted by Crippen LogP contribution is 2.28. The largest absolute Gasteiger partial charge is 0.478 e. The van der Waals surface area contributed by atoms with E-state index in [9.17, 15) is 14.4 Å². The summed E-state index contributed by atoms with van der Waals surface area (Å²) in [6.07, 6.45) is 0. The van der Waals surface area contributed by atoms with Crippen molar-refractivity contribution < 1.29 is 19.1 Å². The number of hydrogen-bond acceptors (Lipinski definition) is 4. The molecular formula is C19H15NO5. The molecule has 0 saturated heterocycles. The summed E-state index contributed by atoms with van der Waals surface area (Å²) in [5, 5.41) is 9.24. The molecule has 0 atom stereocenters. The van der Waals surface area contributed by atoms with E-state index in [0.717, 1.165) is 5.56 Å². The molecule has 126 valence electrons. The number of carboxylic acid groups (broad SMARTS) is 1. The van der Waals surface area contributed by atoms with Crippen LogP contribution in [0.2, 0.25) is 0 Å². The van der Waals surface area contributed by atoms with Gasteiger partial charge in [-0.05, 0) is 43.2 Å². The van der Waals surface area contributed by atoms with E-state index in [1.165, 1.54) is 18.2 Å². The van der Waals surface area contributed by atoms with E-state index in [1.807, 2.05) is 0 Å². The summed E-state index contributed by atoms with van der Waals surface area (Å²) in [7, 11) is 0. The number of aryl methyl sites for hydroxylation is 1. The third kappa shape index (κ3) is 2.78. The molecule has 2 aromatic carbocycles. The zero-order valence-electron chi connectivity index (χ0n) is 13.6. The van der Waals surface area contributed by atoms with E-state index in [2.05, 4.69) is 0 Å². The van der Waals surface area contributed by atoms with Crippen molar-refractivity contribution in [3.05, 3.63) is 68.9 Å². The molecule has 1 heterocycles. The molecule has 6 nitrogen and oxygen atoms in total. The van der Waals surface area contributed by atoms with E-state index >= 15 is 0 Å². The molecule has 0 radical (unpaired) electrons. The summed E-state index contributed by atoms with van der Waals surface area (Å²) in [6, 6.07) is 8.89. The molecule has 1 aromatic heterocycles. The summed E-state index contributed by atoms with van der Waals surface area (Å²) in [6.45, 7) is 3.53. The topological polar surface area (TPSA) is 111 Å². The number of fused-ring (bicyclic) bond motifs is 1. The standard InChI is InChI=1S/C19H15NO5/c1-9-7-13-14(21)8-15(11-3-5-12(6-4-11)19(23)24)25-17(13)16(10(9)2)18(20)22/h3-8H,1-2H3,(H2,20,22)(H,23,24). The number of primary amides is 1. The van der Waals surface area contributed by atoms with Gasteiger partial charge in [-0.3, -0.25) is 9.59 Å². The Morgan fingerprint density at radius 2 is 1.72 bits per heavy atom. The molecule has 0 unspecified atom stereocenters. The van der Waals surface area contributed by atoms with Crippen LogP contribution < -0.4 is 11.2 Å². The Morgan fingerprint density at radius 3 is 2.28 bits per heavy atom. The number of carbonyl (C=O) groups excluding carboxylic acids is 1. The van der Waals surface area contributed by atoms with Crippen LogP contribution in [0.4, 0.5) is 0 Å². The maximum Gasteiger partial charge on any atom is 0.335 e. The van der Waals surface area contributed by atoms with Crippen LogP contribution in [0.15, 0.2) is 45.6 Å². The fourth-order valence-corrected chi connectivity index (χ4v) is 2.73. The van der Waals surface area contributed by atoms with Gasteiger partial charge >= 0.3 is 5.97 Å². The average molecular weight is 337 g/mol. The fraction of sp³-hybridized carbons (Fsp3) is 0.105. The van der Waals surface area contributed by atoms with Gasteiger partial charge in [0, 0.05) is 11.6 Å². The first-order chi connectivity index (χ1) is 11.8. The van der Waals surface area contributed by atoms with E-state index in [1.54, 1.807) is 32.0 Å². The SMILES string of the molecule is Cc1cc2c(=O)cc(-c3ccc(C(=O)O)cc3)oc2c(C(N)=O)c1C. The van der Waals surface area contributed by atoms with E-state index in [0.29, 0.717) is 11.1 Å². The molecule has 6 heteroatoms. The van der Waals surface area contributed by atoms with Crippen molar-refractivity contribution in [2.45, 2.75) is 13.8 Å². The zero-order chi connectivity index (χ0) is 18.3. The first-order valence-corrected chi connectivity index (χ1v) is 7.51. The van der Waals surface area contributed by atoms with E-state index in [-0.39, 0.29) is 33.3 Å². The van der Waals surface area contributed by atoms with Crippen LogP contribution in [-0.2, 0) is 0 Å². The van der Waals surface area contributed by atoms with Gasteiger partial charge < -0.3 is 15.3 Å². The Kier molecular flexibility index (Phi) is 3.88. The number of carboxylic acids is 1. The second-order valence-electron chi connectivity index (χ2n) is 5.79. The van der Waals surface area contributed by atoms with Crippen LogP contribution in [0.5, 0.6) is 0 Å². The third-order valence-electron chi connectivity index (χ3n) is 4.20. The summed E-state index contributed by atoms with van der Waals surface area (Å²) < 4.78 is 5.81. The Labute approximate surface area is 142 Å². The van der Waals surface area contributed by atoms with Gasteiger partial charge in [0.25, 0.3) is 5.91 Å². The quantitative estimate of drug-likeness (QED) is 0.763. The molecule has 0 fully saturated rings. The monoisotopic (exact) mass is 337 g/mol. The normalized spacial score (nSPS) is 10.8. The van der Waals surface area contributed by atoms with Crippen molar-refractivity contribution in [1.29, 1.82) is 0 Å². The van der Waals surface area contributed by atoms with Gasteiger partial charge in [-0.2, -0.15) is 0 Å². The molecule has 0 aliphatic carbocycles. The van der Waals surface area contributed by atoms with Crippen LogP contribution in [0, 0.1) is 13.8 Å². The number of benzene rings is 2. The smallest absolute Gasteiger partial charge is 0.335 e. The minimum Gasteiger partial charge on any atom is -0.478 e. The lowest BCUT2D eigenvalue weighted by Gasteiger charge is -2.11. The molecule has 1 amide bonds. The molecule has 0 saturated carbocycles. The lowest BCUT2D eigenvalue weighted by Crippen LogP contribution is -2.16. The highest BCUT2D eigenvalue weighted by atomic mass is 16.4. The number of carbonyl (C=O) groups is 2. The van der Waals surface area contributed by atoms with Crippen molar-refractivity contribution >= 4 is 22.8 Å². The molecule has 25 heavy (non-hydrogen) atoms. The summed E-state index contributed by atoms with van der Waals surface area (Å²) in [5.74, 6) is -1.48. The average Bonchev–Trinajstić information content (AvgIpc) is 2.56. The van der Waals surface area contributed by atoms with Crippen LogP contribution in [0.25, 0.3) is 22.3 Å². The highest BCUT2D eigenvalue weighted by molar-refractivity contribution is 6.06. The second kappa shape index (κ2) is 5.90. The lowest BCUT2D eigenvalue weighted by atomic mass is 9.98. The van der Waals surface area contributed by atoms with E-state index < -0.39 is 11.9 Å². The summed E-state index contributed by atoms with van der Waals surface area (Å²) >= 11 is 0. The fourth-order valence-electron chi connectivity index (χ4n) is 2.73. The summed E-state index contributed by atoms with van der Waals surface area (Å²) in [5.41, 5.74) is 7.56. The molecule has 0 aliphatic heterocycles. The van der Waals surface area contributed by atoms with Crippen LogP contribution >= 0.6 is 0 Å². The Bertz CT molecular complexity index is 1080. The van der Waals surface area contributed by atoms with Gasteiger partial charge in [-0.25, -0.2) is 4.79 Å². The van der Waals surface area contributed by atoms with Crippen LogP contribution in [-0.4, -0.2) is 17.0 Å². The van der Waals surface area contributed by atoms with Gasteiger partial charge in [0.15, 0.2) is 11.0 Å². The molecule has 0 spiro atoms. The predicted octanol–water partition coefficient (Wildman–Crippen LogP) is 2.87. The van der Waals surface area contributed by atoms with E-state index in [4.69, 9.17) is 15.3 Å². The Balaban J connectivity index is 2.30. The van der Waals surface area contributed by atoms with Gasteiger partial charge in [-0.1, -0.05) is 12.1 Å². The number of nitrogens with two attached hydrogens (primary N) is 1. The van der Waals surface area contributed by atoms with Crippen LogP contribution in [0.3, 0.4) is 0 Å². The molecule has 3 rings (SSSR count). The van der Waals surface area contributed by atoms with Crippen molar-refractivity contribution in [3.63, 3.8) is 0 Å². The number of amides is 1. The first kappa shape index (κ1) is 16.4. The predicted molar refractivity (Wildman–Crippen MR) is 92.9 cm³/mol. The van der Waals surface area contributed by atoms with Gasteiger partial charge in [-0.15, -0.1) is 0 Å². The molecule has 3 aromatic rings. The lowest BCUT2D eigenvalue weighted by molar-refractivity contribution is 0.0696. The first-order valence-electron chi connectivity index (χ1n) is 7.51. The molecular weight excluding hydrogens is 322 g/mol. The van der Waals surface area contributed by atoms with Crippen molar-refractivity contribution in [1.82, 2.24) is 0 Å². The Hall–Kier alpha value is -3.41. The maximum atomic E-state index is 12.5. The molecule has 3 N–H and O–H groups in total. The van der Waals surface area contributed by atoms with Gasteiger partial charge in [0.05, 0.1) is 16.5 Å². The minimum atomic E-state index is -1.05. The maximum absolute atomic E-state index is 12.5. The second-order valence-corrected chi connectivity index (χ2v) is 5.79. The molecule has 0 aliphatic rings. The Morgan fingerprint density at radius 1 is 1.08 bits per heavy atom. The minimum absolute atomic E-state index is 0.121. The third-order valence-corrected chi connectivity index (χ3v) is 4.20. The molecule has 0 bridgehead atoms. The van der Waals surface area contributed by atoms with Crippen LogP contribution in [0.1, 0.15) is 31.8 Å². The number of rotatable bonds is 3. The summed E-state index contributed by atoms with van der Waals surface area (Å²) in [4.78, 5) is 35.3. The van der Waals surface area contributed by atoms with Crippen molar-refractivity contribution in [2.24, 2.45) is 5.73 Å². The number of aromatic carboxylic acids is 1. The zero-order valence-corrected chi connectivity index (χ0v) is 13.6. The van der Waals surface area contributed by atoms with Gasteiger partial charge in [0.2, 0.25) is 0 Å². The highest BCUT2D eigenvalue weighted by Gasteiger charge is 2.18. The van der Waals surface area contributed by atoms with Crippen molar-refractivity contribution in [3.8, 4) is 11.3 Å².